The van der Waals surface area contributed by atoms with Crippen molar-refractivity contribution >= 4 is 67.5 Å². The van der Waals surface area contributed by atoms with Gasteiger partial charge in [0.2, 0.25) is 0 Å². The largest absolute Gasteiger partial charge is 0.493 e. The number of aliphatic imine (C=N–C) groups is 1. The Balaban J connectivity index is 1.37. The molecule has 1 unspecified atom stereocenters. The van der Waals surface area contributed by atoms with Crippen molar-refractivity contribution in [2.75, 3.05) is 18.1 Å². The van der Waals surface area contributed by atoms with Crippen LogP contribution in [0.5, 0.6) is 5.75 Å². The highest BCUT2D eigenvalue weighted by Gasteiger charge is 2.24. The van der Waals surface area contributed by atoms with Gasteiger partial charge in [-0.2, -0.15) is 0 Å². The number of hydrogen-bond donors (Lipinski definition) is 0. The van der Waals surface area contributed by atoms with Crippen LogP contribution in [-0.2, 0) is 4.79 Å². The minimum absolute atomic E-state index is 0.107. The maximum Gasteiger partial charge on any atom is 0.155 e. The van der Waals surface area contributed by atoms with Gasteiger partial charge in [0.05, 0.1) is 16.8 Å². The monoisotopic (exact) mass is 448 g/mol. The molecule has 0 amide bonds. The summed E-state index contributed by atoms with van der Waals surface area (Å²) in [7, 11) is 0. The molecule has 2 aromatic carbocycles. The van der Waals surface area contributed by atoms with E-state index in [1.54, 1.807) is 41.8 Å². The predicted octanol–water partition coefficient (Wildman–Crippen LogP) is 5.57. The van der Waals surface area contributed by atoms with Gasteiger partial charge in [0.1, 0.15) is 21.8 Å². The zero-order valence-electron chi connectivity index (χ0n) is 15.1. The summed E-state index contributed by atoms with van der Waals surface area (Å²) in [5.41, 5.74) is 0.928. The molecule has 0 saturated heterocycles. The zero-order valence-corrected chi connectivity index (χ0v) is 18.3. The number of nitrogens with zero attached hydrogens (tertiary/aromatic N) is 2. The van der Waals surface area contributed by atoms with Crippen LogP contribution in [0.3, 0.4) is 0 Å². The molecular weight excluding hydrogens is 432 g/mol. The van der Waals surface area contributed by atoms with E-state index in [0.717, 1.165) is 36.8 Å². The molecule has 0 radical (unpaired) electrons. The van der Waals surface area contributed by atoms with E-state index in [-0.39, 0.29) is 11.8 Å². The Morgan fingerprint density at radius 2 is 2.11 bits per heavy atom. The van der Waals surface area contributed by atoms with E-state index in [1.165, 1.54) is 4.90 Å². The third kappa shape index (κ3) is 4.71. The molecule has 0 N–H and O–H groups in total. The first-order chi connectivity index (χ1) is 13.6. The highest BCUT2D eigenvalue weighted by molar-refractivity contribution is 8.15. The smallest absolute Gasteiger partial charge is 0.155 e. The SMILES string of the molecule is CC(=O)C1CSC(c2nc3ccc(OCCSc4ccc(Cl)cc4)cc3s2)=N1. The number of rotatable bonds is 7. The number of carbonyl (C=O) groups is 1. The lowest BCUT2D eigenvalue weighted by Crippen LogP contribution is -2.14. The number of thiazole rings is 1. The van der Waals surface area contributed by atoms with Gasteiger partial charge in [-0.15, -0.1) is 34.9 Å². The molecule has 1 aromatic heterocycles. The molecule has 0 spiro atoms. The van der Waals surface area contributed by atoms with Gasteiger partial charge in [-0.25, -0.2) is 4.98 Å². The number of carbonyl (C=O) groups excluding carboxylic acids is 1. The van der Waals surface area contributed by atoms with E-state index >= 15 is 0 Å². The number of aromatic nitrogens is 1. The molecule has 1 aliphatic heterocycles. The van der Waals surface area contributed by atoms with E-state index in [9.17, 15) is 4.79 Å². The number of ether oxygens (including phenoxy) is 1. The summed E-state index contributed by atoms with van der Waals surface area (Å²) < 4.78 is 6.96. The molecule has 0 saturated carbocycles. The Hall–Kier alpha value is -1.54. The molecule has 0 aliphatic carbocycles. The minimum Gasteiger partial charge on any atom is -0.493 e. The van der Waals surface area contributed by atoms with Crippen LogP contribution in [0.2, 0.25) is 5.02 Å². The normalized spacial score (nSPS) is 16.4. The van der Waals surface area contributed by atoms with Gasteiger partial charge in [0, 0.05) is 21.4 Å². The van der Waals surface area contributed by atoms with Gasteiger partial charge in [0.25, 0.3) is 0 Å². The van der Waals surface area contributed by atoms with E-state index in [1.807, 2.05) is 42.5 Å². The standard InChI is InChI=1S/C20H17ClN2O2S3/c1-12(24)17-11-27-19(23-17)20-22-16-7-4-14(10-18(16)28-20)25-8-9-26-15-5-2-13(21)3-6-15/h2-7,10,17H,8-9,11H2,1H3. The molecule has 144 valence electrons. The number of fused-ring (bicyclic) bond motifs is 1. The molecule has 0 fully saturated rings. The summed E-state index contributed by atoms with van der Waals surface area (Å²) in [6.07, 6.45) is 0. The van der Waals surface area contributed by atoms with Crippen LogP contribution in [0.4, 0.5) is 0 Å². The number of halogens is 1. The van der Waals surface area contributed by atoms with E-state index in [4.69, 9.17) is 16.3 Å². The number of Topliss-reactive ketones (excluding diaryl/α,β-unsaturated/α-hetero) is 1. The lowest BCUT2D eigenvalue weighted by atomic mass is 10.2. The van der Waals surface area contributed by atoms with Crippen LogP contribution in [0.25, 0.3) is 10.2 Å². The van der Waals surface area contributed by atoms with E-state index in [2.05, 4.69) is 9.98 Å². The molecule has 1 atom stereocenters. The van der Waals surface area contributed by atoms with Crippen molar-refractivity contribution in [3.05, 3.63) is 52.5 Å². The molecule has 4 nitrogen and oxygen atoms in total. The first-order valence-corrected chi connectivity index (χ1v) is 11.9. The first-order valence-electron chi connectivity index (χ1n) is 8.72. The molecule has 4 rings (SSSR count). The average Bonchev–Trinajstić information content (AvgIpc) is 3.33. The van der Waals surface area contributed by atoms with Crippen LogP contribution < -0.4 is 4.74 Å². The summed E-state index contributed by atoms with van der Waals surface area (Å²) in [4.78, 5) is 21.8. The maximum atomic E-state index is 11.5. The Morgan fingerprint density at radius 1 is 1.29 bits per heavy atom. The maximum absolute atomic E-state index is 11.5. The van der Waals surface area contributed by atoms with Crippen molar-refractivity contribution in [3.63, 3.8) is 0 Å². The fraction of sp³-hybridized carbons (Fsp3) is 0.250. The van der Waals surface area contributed by atoms with Gasteiger partial charge >= 0.3 is 0 Å². The lowest BCUT2D eigenvalue weighted by molar-refractivity contribution is -0.117. The molecule has 0 bridgehead atoms. The average molecular weight is 449 g/mol. The van der Waals surface area contributed by atoms with Gasteiger partial charge < -0.3 is 4.74 Å². The molecule has 3 aromatic rings. The molecule has 1 aliphatic rings. The van der Waals surface area contributed by atoms with Gasteiger partial charge in [0.15, 0.2) is 5.78 Å². The Labute approximate surface area is 180 Å². The highest BCUT2D eigenvalue weighted by Crippen LogP contribution is 2.32. The van der Waals surface area contributed by atoms with Crippen molar-refractivity contribution < 1.29 is 9.53 Å². The first kappa shape index (κ1) is 19.8. The van der Waals surface area contributed by atoms with Crippen molar-refractivity contribution in [2.24, 2.45) is 4.99 Å². The van der Waals surface area contributed by atoms with Gasteiger partial charge in [-0.1, -0.05) is 11.6 Å². The van der Waals surface area contributed by atoms with Crippen LogP contribution in [-0.4, -0.2) is 40.0 Å². The molecular formula is C20H17ClN2O2S3. The van der Waals surface area contributed by atoms with Gasteiger partial charge in [-0.3, -0.25) is 9.79 Å². The van der Waals surface area contributed by atoms with E-state index < -0.39 is 0 Å². The second kappa shape index (κ2) is 8.86. The highest BCUT2D eigenvalue weighted by atomic mass is 35.5. The Morgan fingerprint density at radius 3 is 2.86 bits per heavy atom. The number of thioether (sulfide) groups is 2. The Bertz CT molecular complexity index is 1030. The number of ketones is 1. The third-order valence-electron chi connectivity index (χ3n) is 4.10. The fourth-order valence-electron chi connectivity index (χ4n) is 2.64. The second-order valence-corrected chi connectivity index (χ2v) is 9.82. The van der Waals surface area contributed by atoms with Crippen LogP contribution in [0.15, 0.2) is 52.4 Å². The second-order valence-electron chi connectivity index (χ2n) is 6.17. The number of benzene rings is 2. The summed E-state index contributed by atoms with van der Waals surface area (Å²) in [5.74, 6) is 2.51. The quantitative estimate of drug-likeness (QED) is 0.349. The topological polar surface area (TPSA) is 51.5 Å². The molecule has 8 heteroatoms. The van der Waals surface area contributed by atoms with Gasteiger partial charge in [-0.05, 0) is 49.4 Å². The molecule has 2 heterocycles. The van der Waals surface area contributed by atoms with Crippen molar-refractivity contribution in [3.8, 4) is 5.75 Å². The zero-order chi connectivity index (χ0) is 19.5. The number of hydrogen-bond acceptors (Lipinski definition) is 7. The van der Waals surface area contributed by atoms with Crippen molar-refractivity contribution in [2.45, 2.75) is 17.9 Å². The van der Waals surface area contributed by atoms with Crippen LogP contribution in [0, 0.1) is 0 Å². The third-order valence-corrected chi connectivity index (χ3v) is 7.53. The fourth-order valence-corrected chi connectivity index (χ4v) is 5.68. The van der Waals surface area contributed by atoms with Crippen molar-refractivity contribution in [1.29, 1.82) is 0 Å². The van der Waals surface area contributed by atoms with E-state index in [0.29, 0.717) is 12.4 Å². The summed E-state index contributed by atoms with van der Waals surface area (Å²) in [5, 5.41) is 2.49. The summed E-state index contributed by atoms with van der Waals surface area (Å²) >= 11 is 10.8. The van der Waals surface area contributed by atoms with Crippen LogP contribution in [0.1, 0.15) is 11.9 Å². The van der Waals surface area contributed by atoms with Crippen LogP contribution >= 0.6 is 46.5 Å². The summed E-state index contributed by atoms with van der Waals surface area (Å²) in [6.45, 7) is 2.21. The lowest BCUT2D eigenvalue weighted by Gasteiger charge is -2.06. The minimum atomic E-state index is -0.232. The van der Waals surface area contributed by atoms with Crippen molar-refractivity contribution in [1.82, 2.24) is 4.98 Å². The predicted molar refractivity (Wildman–Crippen MR) is 121 cm³/mol. The Kier molecular flexibility index (Phi) is 6.25. The molecule has 28 heavy (non-hydrogen) atoms. The summed E-state index contributed by atoms with van der Waals surface area (Å²) in [6, 6.07) is 13.5.